The molecule has 0 aliphatic rings. The zero-order chi connectivity index (χ0) is 15.3. The number of hydrogen-bond acceptors (Lipinski definition) is 0. The van der Waals surface area contributed by atoms with Crippen LogP contribution < -0.4 is 0 Å². The molecule has 0 saturated heterocycles. The summed E-state index contributed by atoms with van der Waals surface area (Å²) in [6.45, 7) is 18.5. The molecule has 2 rings (SSSR count). The van der Waals surface area contributed by atoms with E-state index >= 15 is 0 Å². The average Bonchev–Trinajstić information content (AvgIpc) is 2.27. The van der Waals surface area contributed by atoms with Gasteiger partial charge in [-0.25, -0.2) is 0 Å². The Morgan fingerprint density at radius 2 is 0.900 bits per heavy atom. The van der Waals surface area contributed by atoms with Gasteiger partial charge in [0.2, 0.25) is 0 Å². The van der Waals surface area contributed by atoms with Gasteiger partial charge in [-0.1, -0.05) is 65.8 Å². The Kier molecular flexibility index (Phi) is 3.48. The third-order valence-electron chi connectivity index (χ3n) is 4.28. The van der Waals surface area contributed by atoms with Gasteiger partial charge in [-0.05, 0) is 57.7 Å². The molecule has 0 heteroatoms. The lowest BCUT2D eigenvalue weighted by Gasteiger charge is -2.31. The molecule has 2 aromatic carbocycles. The molecular weight excluding hydrogens is 240 g/mol. The Morgan fingerprint density at radius 1 is 0.600 bits per heavy atom. The summed E-state index contributed by atoms with van der Waals surface area (Å²) in [6, 6.07) is 8.91. The van der Waals surface area contributed by atoms with Crippen LogP contribution in [0.25, 0.3) is 10.8 Å². The van der Waals surface area contributed by atoms with E-state index in [-0.39, 0.29) is 10.8 Å². The lowest BCUT2D eigenvalue weighted by molar-refractivity contribution is 0.578. The van der Waals surface area contributed by atoms with E-state index in [4.69, 9.17) is 0 Å². The van der Waals surface area contributed by atoms with Gasteiger partial charge in [-0.2, -0.15) is 0 Å². The summed E-state index contributed by atoms with van der Waals surface area (Å²) in [4.78, 5) is 0. The Morgan fingerprint density at radius 3 is 1.15 bits per heavy atom. The molecule has 0 heterocycles. The van der Waals surface area contributed by atoms with Gasteiger partial charge in [0, 0.05) is 0 Å². The highest BCUT2D eigenvalue weighted by Gasteiger charge is 2.27. The van der Waals surface area contributed by atoms with Gasteiger partial charge in [-0.3, -0.25) is 0 Å². The maximum absolute atomic E-state index is 2.32. The van der Waals surface area contributed by atoms with Crippen LogP contribution in [-0.2, 0) is 10.8 Å². The van der Waals surface area contributed by atoms with Crippen molar-refractivity contribution in [1.29, 1.82) is 0 Å². The van der Waals surface area contributed by atoms with E-state index < -0.39 is 0 Å². The minimum atomic E-state index is 0.171. The minimum absolute atomic E-state index is 0.171. The van der Waals surface area contributed by atoms with Gasteiger partial charge in [0.15, 0.2) is 0 Å². The highest BCUT2D eigenvalue weighted by molar-refractivity contribution is 5.92. The third-order valence-corrected chi connectivity index (χ3v) is 4.28. The summed E-state index contributed by atoms with van der Waals surface area (Å²) in [6.07, 6.45) is 0. The Bertz CT molecular complexity index is 588. The van der Waals surface area contributed by atoms with Crippen LogP contribution in [-0.4, -0.2) is 0 Å². The van der Waals surface area contributed by atoms with Gasteiger partial charge in [0.05, 0.1) is 0 Å². The standard InChI is InChI=1S/C20H28/c1-13-14(2)18(20(6,7)8)16-12-10-9-11-15(16)17(13)19(3,4)5/h9-12H,1-8H3. The van der Waals surface area contributed by atoms with Crippen LogP contribution in [0.1, 0.15) is 63.8 Å². The van der Waals surface area contributed by atoms with E-state index in [0.29, 0.717) is 0 Å². The van der Waals surface area contributed by atoms with Crippen molar-refractivity contribution >= 4 is 10.8 Å². The summed E-state index contributed by atoms with van der Waals surface area (Å²) < 4.78 is 0. The van der Waals surface area contributed by atoms with Gasteiger partial charge >= 0.3 is 0 Å². The molecule has 0 atom stereocenters. The first-order chi connectivity index (χ1) is 9.05. The van der Waals surface area contributed by atoms with Crippen molar-refractivity contribution < 1.29 is 0 Å². The monoisotopic (exact) mass is 268 g/mol. The van der Waals surface area contributed by atoms with Crippen molar-refractivity contribution in [3.8, 4) is 0 Å². The quantitative estimate of drug-likeness (QED) is 0.545. The second-order valence-electron chi connectivity index (χ2n) is 8.05. The van der Waals surface area contributed by atoms with E-state index in [1.54, 1.807) is 0 Å². The van der Waals surface area contributed by atoms with Crippen LogP contribution >= 0.6 is 0 Å². The SMILES string of the molecule is Cc1c(C)c(C(C)(C)C)c2ccccc2c1C(C)(C)C. The van der Waals surface area contributed by atoms with E-state index in [0.717, 1.165) is 0 Å². The number of hydrogen-bond donors (Lipinski definition) is 0. The second-order valence-corrected chi connectivity index (χ2v) is 8.05. The van der Waals surface area contributed by atoms with Gasteiger partial charge < -0.3 is 0 Å². The molecule has 0 saturated carbocycles. The maximum Gasteiger partial charge on any atom is -0.0123 e. The zero-order valence-electron chi connectivity index (χ0n) is 14.3. The van der Waals surface area contributed by atoms with Gasteiger partial charge in [0.25, 0.3) is 0 Å². The minimum Gasteiger partial charge on any atom is -0.0616 e. The van der Waals surface area contributed by atoms with Crippen LogP contribution in [0.5, 0.6) is 0 Å². The van der Waals surface area contributed by atoms with Crippen LogP contribution in [0.2, 0.25) is 0 Å². The van der Waals surface area contributed by atoms with Crippen molar-refractivity contribution in [3.05, 3.63) is 46.5 Å². The molecule has 2 aromatic rings. The molecule has 0 spiro atoms. The highest BCUT2D eigenvalue weighted by atomic mass is 14.3. The van der Waals surface area contributed by atoms with Gasteiger partial charge in [-0.15, -0.1) is 0 Å². The molecule has 0 N–H and O–H groups in total. The second kappa shape index (κ2) is 4.62. The summed E-state index contributed by atoms with van der Waals surface area (Å²) in [5.74, 6) is 0. The van der Waals surface area contributed by atoms with Crippen molar-refractivity contribution in [2.24, 2.45) is 0 Å². The first kappa shape index (κ1) is 15.1. The smallest absolute Gasteiger partial charge is 0.0123 e. The highest BCUT2D eigenvalue weighted by Crippen LogP contribution is 2.41. The van der Waals surface area contributed by atoms with Crippen LogP contribution in [0.3, 0.4) is 0 Å². The fourth-order valence-electron chi connectivity index (χ4n) is 3.63. The van der Waals surface area contributed by atoms with Crippen molar-refractivity contribution in [3.63, 3.8) is 0 Å². The fourth-order valence-corrected chi connectivity index (χ4v) is 3.63. The molecule has 0 amide bonds. The number of rotatable bonds is 0. The van der Waals surface area contributed by atoms with E-state index in [1.165, 1.54) is 33.0 Å². The average molecular weight is 268 g/mol. The molecular formula is C20H28. The summed E-state index contributed by atoms with van der Waals surface area (Å²) in [5.41, 5.74) is 6.26. The Labute approximate surface area is 124 Å². The Hall–Kier alpha value is -1.30. The molecule has 0 radical (unpaired) electrons. The van der Waals surface area contributed by atoms with Crippen LogP contribution in [0.15, 0.2) is 24.3 Å². The fraction of sp³-hybridized carbons (Fsp3) is 0.500. The van der Waals surface area contributed by atoms with Crippen molar-refractivity contribution in [2.75, 3.05) is 0 Å². The predicted octanol–water partition coefficient (Wildman–Crippen LogP) is 6.05. The zero-order valence-corrected chi connectivity index (χ0v) is 14.3. The van der Waals surface area contributed by atoms with Crippen molar-refractivity contribution in [1.82, 2.24) is 0 Å². The molecule has 0 fully saturated rings. The summed E-state index contributed by atoms with van der Waals surface area (Å²) in [7, 11) is 0. The maximum atomic E-state index is 2.32. The number of benzene rings is 2. The van der Waals surface area contributed by atoms with E-state index in [9.17, 15) is 0 Å². The van der Waals surface area contributed by atoms with Crippen LogP contribution in [0.4, 0.5) is 0 Å². The molecule has 20 heavy (non-hydrogen) atoms. The molecule has 0 aromatic heterocycles. The molecule has 0 aliphatic heterocycles. The first-order valence-corrected chi connectivity index (χ1v) is 7.58. The van der Waals surface area contributed by atoms with E-state index in [1.807, 2.05) is 0 Å². The molecule has 108 valence electrons. The molecule has 0 bridgehead atoms. The molecule has 0 unspecified atom stereocenters. The first-order valence-electron chi connectivity index (χ1n) is 7.58. The summed E-state index contributed by atoms with van der Waals surface area (Å²) >= 11 is 0. The topological polar surface area (TPSA) is 0 Å². The molecule has 0 nitrogen and oxygen atoms in total. The summed E-state index contributed by atoms with van der Waals surface area (Å²) in [5, 5.41) is 2.85. The Balaban J connectivity index is 3.05. The lowest BCUT2D eigenvalue weighted by atomic mass is 9.73. The van der Waals surface area contributed by atoms with Crippen molar-refractivity contribution in [2.45, 2.75) is 66.2 Å². The lowest BCUT2D eigenvalue weighted by Crippen LogP contribution is -2.20. The third kappa shape index (κ3) is 2.37. The normalized spacial score (nSPS) is 13.0. The molecule has 0 aliphatic carbocycles. The van der Waals surface area contributed by atoms with E-state index in [2.05, 4.69) is 79.7 Å². The van der Waals surface area contributed by atoms with Crippen LogP contribution in [0, 0.1) is 13.8 Å². The largest absolute Gasteiger partial charge is 0.0616 e. The number of fused-ring (bicyclic) bond motifs is 1. The van der Waals surface area contributed by atoms with Gasteiger partial charge in [0.1, 0.15) is 0 Å². The predicted molar refractivity (Wildman–Crippen MR) is 90.8 cm³/mol.